The van der Waals surface area contributed by atoms with Crippen LogP contribution >= 0.6 is 23.1 Å². The van der Waals surface area contributed by atoms with Crippen LogP contribution in [0.5, 0.6) is 0 Å². The van der Waals surface area contributed by atoms with Crippen LogP contribution in [0.4, 0.5) is 5.69 Å². The summed E-state index contributed by atoms with van der Waals surface area (Å²) in [6, 6.07) is 18.3. The van der Waals surface area contributed by atoms with Crippen LogP contribution in [-0.4, -0.2) is 31.0 Å². The molecule has 5 aromatic rings. The molecule has 8 nitrogen and oxygen atoms in total. The molecule has 3 heterocycles. The molecule has 0 radical (unpaired) electrons. The minimum atomic E-state index is -0.425. The lowest BCUT2D eigenvalue weighted by molar-refractivity contribution is -0.384. The van der Waals surface area contributed by atoms with Gasteiger partial charge in [-0.2, -0.15) is 4.52 Å². The number of aromatic nitrogens is 4. The van der Waals surface area contributed by atoms with Crippen molar-refractivity contribution in [3.05, 3.63) is 82.2 Å². The van der Waals surface area contributed by atoms with E-state index in [1.54, 1.807) is 28.4 Å². The zero-order valence-electron chi connectivity index (χ0n) is 16.3. The SMILES string of the molecule is CSc1ccc(Cc2nnc3sc(-c4ccc(-c5ccc([N+](=O)[O-])cc5)o4)nn23)cc1. The summed E-state index contributed by atoms with van der Waals surface area (Å²) in [6.07, 6.45) is 2.68. The van der Waals surface area contributed by atoms with Gasteiger partial charge in [0.25, 0.3) is 5.69 Å². The van der Waals surface area contributed by atoms with Crippen molar-refractivity contribution >= 4 is 33.7 Å². The molecule has 0 N–H and O–H groups in total. The molecule has 0 aliphatic carbocycles. The minimum absolute atomic E-state index is 0.0415. The van der Waals surface area contributed by atoms with Crippen LogP contribution in [-0.2, 0) is 6.42 Å². The first-order valence-electron chi connectivity index (χ1n) is 9.30. The van der Waals surface area contributed by atoms with Crippen LogP contribution in [0.25, 0.3) is 27.1 Å². The Labute approximate surface area is 184 Å². The van der Waals surface area contributed by atoms with Crippen molar-refractivity contribution in [2.24, 2.45) is 0 Å². The number of nitrogens with zero attached hydrogens (tertiary/aromatic N) is 5. The van der Waals surface area contributed by atoms with Crippen LogP contribution in [0.2, 0.25) is 0 Å². The number of non-ortho nitro benzene ring substituents is 1. The fourth-order valence-corrected chi connectivity index (χ4v) is 4.38. The highest BCUT2D eigenvalue weighted by atomic mass is 32.2. The van der Waals surface area contributed by atoms with E-state index in [0.29, 0.717) is 27.9 Å². The molecular formula is C21H15N5O3S2. The lowest BCUT2D eigenvalue weighted by Gasteiger charge is -2.00. The second-order valence-electron chi connectivity index (χ2n) is 6.71. The Morgan fingerprint density at radius 1 is 1.03 bits per heavy atom. The maximum Gasteiger partial charge on any atom is 0.269 e. The predicted octanol–water partition coefficient (Wildman–Crippen LogP) is 5.33. The number of hydrogen-bond donors (Lipinski definition) is 0. The van der Waals surface area contributed by atoms with Crippen LogP contribution in [0, 0.1) is 10.1 Å². The molecule has 0 spiro atoms. The number of hydrogen-bond acceptors (Lipinski definition) is 8. The Bertz CT molecular complexity index is 1370. The van der Waals surface area contributed by atoms with Gasteiger partial charge < -0.3 is 4.42 Å². The van der Waals surface area contributed by atoms with Crippen LogP contribution in [0.3, 0.4) is 0 Å². The van der Waals surface area contributed by atoms with Crippen molar-refractivity contribution in [1.82, 2.24) is 19.8 Å². The molecule has 31 heavy (non-hydrogen) atoms. The summed E-state index contributed by atoms with van der Waals surface area (Å²) in [7, 11) is 0. The summed E-state index contributed by atoms with van der Waals surface area (Å²) < 4.78 is 7.70. The average molecular weight is 450 g/mol. The molecule has 0 bridgehead atoms. The molecule has 0 saturated carbocycles. The highest BCUT2D eigenvalue weighted by molar-refractivity contribution is 7.98. The molecule has 154 valence electrons. The monoisotopic (exact) mass is 449 g/mol. The fourth-order valence-electron chi connectivity index (χ4n) is 3.15. The van der Waals surface area contributed by atoms with Crippen molar-refractivity contribution < 1.29 is 9.34 Å². The Hall–Kier alpha value is -3.50. The van der Waals surface area contributed by atoms with Gasteiger partial charge in [0.1, 0.15) is 5.76 Å². The molecule has 0 aliphatic rings. The highest BCUT2D eigenvalue weighted by Crippen LogP contribution is 2.32. The van der Waals surface area contributed by atoms with Gasteiger partial charge >= 0.3 is 0 Å². The first-order chi connectivity index (χ1) is 15.1. The number of nitro benzene ring substituents is 1. The van der Waals surface area contributed by atoms with Crippen molar-refractivity contribution in [3.8, 4) is 22.1 Å². The quantitative estimate of drug-likeness (QED) is 0.196. The molecule has 0 atom stereocenters. The topological polar surface area (TPSA) is 99.4 Å². The van der Waals surface area contributed by atoms with Crippen molar-refractivity contribution in [2.75, 3.05) is 6.26 Å². The minimum Gasteiger partial charge on any atom is -0.454 e. The van der Waals surface area contributed by atoms with Crippen molar-refractivity contribution in [1.29, 1.82) is 0 Å². The second-order valence-corrected chi connectivity index (χ2v) is 8.55. The summed E-state index contributed by atoms with van der Waals surface area (Å²) >= 11 is 3.10. The Kier molecular flexibility index (Phi) is 5.00. The van der Waals surface area contributed by atoms with E-state index in [1.807, 2.05) is 12.1 Å². The number of thioether (sulfide) groups is 1. The van der Waals surface area contributed by atoms with Crippen LogP contribution in [0.15, 0.2) is 70.0 Å². The third-order valence-electron chi connectivity index (χ3n) is 4.76. The van der Waals surface area contributed by atoms with E-state index in [0.717, 1.165) is 17.0 Å². The fraction of sp³-hybridized carbons (Fsp3) is 0.0952. The number of rotatable bonds is 6. The van der Waals surface area contributed by atoms with E-state index in [2.05, 4.69) is 45.8 Å². The normalized spacial score (nSPS) is 11.3. The molecule has 0 aliphatic heterocycles. The van der Waals surface area contributed by atoms with E-state index >= 15 is 0 Å². The molecule has 0 amide bonds. The molecule has 5 rings (SSSR count). The van der Waals surface area contributed by atoms with E-state index in [1.165, 1.54) is 28.4 Å². The Morgan fingerprint density at radius 3 is 2.48 bits per heavy atom. The maximum absolute atomic E-state index is 10.8. The van der Waals surface area contributed by atoms with E-state index < -0.39 is 4.92 Å². The third-order valence-corrected chi connectivity index (χ3v) is 6.41. The average Bonchev–Trinajstić information content (AvgIpc) is 3.51. The van der Waals surface area contributed by atoms with Gasteiger partial charge in [-0.05, 0) is 48.2 Å². The molecule has 0 fully saturated rings. The molecule has 3 aromatic heterocycles. The number of furan rings is 1. The first-order valence-corrected chi connectivity index (χ1v) is 11.3. The maximum atomic E-state index is 10.8. The van der Waals surface area contributed by atoms with Gasteiger partial charge in [0, 0.05) is 29.0 Å². The molecular weight excluding hydrogens is 434 g/mol. The van der Waals surface area contributed by atoms with E-state index in [9.17, 15) is 10.1 Å². The van der Waals surface area contributed by atoms with Crippen LogP contribution < -0.4 is 0 Å². The summed E-state index contributed by atoms with van der Waals surface area (Å²) in [4.78, 5) is 12.3. The van der Waals surface area contributed by atoms with Gasteiger partial charge in [0.05, 0.1) is 4.92 Å². The zero-order chi connectivity index (χ0) is 21.4. The van der Waals surface area contributed by atoms with E-state index in [4.69, 9.17) is 4.42 Å². The van der Waals surface area contributed by atoms with E-state index in [-0.39, 0.29) is 5.69 Å². The van der Waals surface area contributed by atoms with Crippen molar-refractivity contribution in [3.63, 3.8) is 0 Å². The molecule has 2 aromatic carbocycles. The molecule has 0 saturated heterocycles. The number of benzene rings is 2. The smallest absolute Gasteiger partial charge is 0.269 e. The lowest BCUT2D eigenvalue weighted by Crippen LogP contribution is -1.97. The lowest BCUT2D eigenvalue weighted by atomic mass is 10.1. The third kappa shape index (κ3) is 3.82. The standard InChI is InChI=1S/C21H15N5O3S2/c1-30-16-8-2-13(3-9-16)12-19-22-23-21-25(19)24-20(31-21)18-11-10-17(29-18)14-4-6-15(7-5-14)26(27)28/h2-11H,12H2,1H3. The van der Waals surface area contributed by atoms with Gasteiger partial charge in [-0.15, -0.1) is 27.1 Å². The summed E-state index contributed by atoms with van der Waals surface area (Å²) in [5, 5.41) is 24.7. The number of nitro groups is 1. The first kappa shape index (κ1) is 19.5. The molecule has 0 unspecified atom stereocenters. The highest BCUT2D eigenvalue weighted by Gasteiger charge is 2.16. The van der Waals surface area contributed by atoms with Gasteiger partial charge in [-0.3, -0.25) is 10.1 Å². The van der Waals surface area contributed by atoms with Gasteiger partial charge in [-0.1, -0.05) is 23.5 Å². The number of fused-ring (bicyclic) bond motifs is 1. The summed E-state index contributed by atoms with van der Waals surface area (Å²) in [5.74, 6) is 1.99. The Morgan fingerprint density at radius 2 is 1.77 bits per heavy atom. The van der Waals surface area contributed by atoms with Gasteiger partial charge in [-0.25, -0.2) is 0 Å². The largest absolute Gasteiger partial charge is 0.454 e. The predicted molar refractivity (Wildman–Crippen MR) is 119 cm³/mol. The molecule has 10 heteroatoms. The van der Waals surface area contributed by atoms with Crippen molar-refractivity contribution in [2.45, 2.75) is 11.3 Å². The second kappa shape index (κ2) is 7.97. The van der Waals surface area contributed by atoms with Gasteiger partial charge in [0.2, 0.25) is 4.96 Å². The van der Waals surface area contributed by atoms with Gasteiger partial charge in [0.15, 0.2) is 16.6 Å². The summed E-state index contributed by atoms with van der Waals surface area (Å²) in [6.45, 7) is 0. The zero-order valence-corrected chi connectivity index (χ0v) is 17.9. The summed E-state index contributed by atoms with van der Waals surface area (Å²) in [5.41, 5.74) is 1.94. The Balaban J connectivity index is 1.40. The van der Waals surface area contributed by atoms with Crippen LogP contribution in [0.1, 0.15) is 11.4 Å².